The van der Waals surface area contributed by atoms with Gasteiger partial charge in [0.1, 0.15) is 11.9 Å². The van der Waals surface area contributed by atoms with E-state index >= 15 is 0 Å². The highest BCUT2D eigenvalue weighted by Crippen LogP contribution is 2.25. The molecule has 1 unspecified atom stereocenters. The van der Waals surface area contributed by atoms with E-state index in [9.17, 15) is 5.11 Å². The van der Waals surface area contributed by atoms with Gasteiger partial charge in [-0.05, 0) is 36.1 Å². The highest BCUT2D eigenvalue weighted by atomic mass is 16.3. The molecule has 0 aliphatic rings. The number of imidazole rings is 1. The van der Waals surface area contributed by atoms with Gasteiger partial charge in [-0.3, -0.25) is 0 Å². The average Bonchev–Trinajstić information content (AvgIpc) is 2.99. The molecule has 0 aliphatic carbocycles. The molecule has 3 nitrogen and oxygen atoms in total. The Kier molecular flexibility index (Phi) is 4.07. The number of aryl methyl sites for hydroxylation is 1. The number of aromatic nitrogens is 2. The number of hydrogen-bond donors (Lipinski definition) is 2. The normalized spacial score (nSPS) is 12.3. The second kappa shape index (κ2) is 6.16. The first kappa shape index (κ1) is 14.5. The van der Waals surface area contributed by atoms with Gasteiger partial charge in [-0.25, -0.2) is 4.98 Å². The zero-order chi connectivity index (χ0) is 15.5. The van der Waals surface area contributed by atoms with Crippen LogP contribution in [0.2, 0.25) is 0 Å². The molecule has 3 rings (SSSR count). The van der Waals surface area contributed by atoms with Crippen molar-refractivity contribution in [3.05, 3.63) is 88.5 Å². The van der Waals surface area contributed by atoms with Crippen molar-refractivity contribution in [1.29, 1.82) is 0 Å². The highest BCUT2D eigenvalue weighted by molar-refractivity contribution is 5.37. The third-order valence-electron chi connectivity index (χ3n) is 4.10. The topological polar surface area (TPSA) is 48.9 Å². The molecule has 0 spiro atoms. The molecule has 22 heavy (non-hydrogen) atoms. The van der Waals surface area contributed by atoms with Crippen LogP contribution in [0.15, 0.2) is 54.7 Å². The first-order valence-corrected chi connectivity index (χ1v) is 7.47. The Balaban J connectivity index is 1.82. The van der Waals surface area contributed by atoms with Gasteiger partial charge in [0.25, 0.3) is 0 Å². The van der Waals surface area contributed by atoms with E-state index in [1.165, 1.54) is 11.1 Å². The number of rotatable bonds is 4. The fourth-order valence-corrected chi connectivity index (χ4v) is 2.63. The van der Waals surface area contributed by atoms with Crippen LogP contribution >= 0.6 is 0 Å². The number of aromatic amines is 1. The lowest BCUT2D eigenvalue weighted by atomic mass is 9.98. The molecule has 1 heterocycles. The maximum absolute atomic E-state index is 10.6. The van der Waals surface area contributed by atoms with Gasteiger partial charge in [-0.2, -0.15) is 0 Å². The molecule has 0 radical (unpaired) electrons. The summed E-state index contributed by atoms with van der Waals surface area (Å²) in [5, 5.41) is 10.6. The smallest absolute Gasteiger partial charge is 0.121 e. The van der Waals surface area contributed by atoms with Crippen LogP contribution in [0.3, 0.4) is 0 Å². The van der Waals surface area contributed by atoms with Crippen LogP contribution in [0.4, 0.5) is 0 Å². The van der Waals surface area contributed by atoms with E-state index in [4.69, 9.17) is 0 Å². The SMILES string of the molecule is Cc1cccc(C(O)c2cnc(Cc3ccccc3)[nH]2)c1C. The van der Waals surface area contributed by atoms with Crippen LogP contribution in [0.5, 0.6) is 0 Å². The fourth-order valence-electron chi connectivity index (χ4n) is 2.63. The first-order valence-electron chi connectivity index (χ1n) is 7.47. The van der Waals surface area contributed by atoms with E-state index in [0.29, 0.717) is 0 Å². The second-order valence-corrected chi connectivity index (χ2v) is 5.64. The Morgan fingerprint density at radius 3 is 2.59 bits per heavy atom. The molecule has 0 fully saturated rings. The molecular formula is C19H20N2O. The van der Waals surface area contributed by atoms with Crippen LogP contribution in [0, 0.1) is 13.8 Å². The lowest BCUT2D eigenvalue weighted by Gasteiger charge is -2.13. The monoisotopic (exact) mass is 292 g/mol. The summed E-state index contributed by atoms with van der Waals surface area (Å²) in [7, 11) is 0. The van der Waals surface area contributed by atoms with Crippen molar-refractivity contribution in [2.75, 3.05) is 0 Å². The first-order chi connectivity index (χ1) is 10.6. The van der Waals surface area contributed by atoms with Gasteiger partial charge in [0.2, 0.25) is 0 Å². The maximum Gasteiger partial charge on any atom is 0.121 e. The van der Waals surface area contributed by atoms with E-state index in [1.807, 2.05) is 37.3 Å². The summed E-state index contributed by atoms with van der Waals surface area (Å²) in [6.45, 7) is 4.09. The van der Waals surface area contributed by atoms with E-state index < -0.39 is 6.10 Å². The molecule has 112 valence electrons. The Hall–Kier alpha value is -2.39. The van der Waals surface area contributed by atoms with E-state index in [0.717, 1.165) is 29.1 Å². The molecule has 3 heteroatoms. The molecule has 1 aromatic heterocycles. The Morgan fingerprint density at radius 2 is 1.82 bits per heavy atom. The highest BCUT2D eigenvalue weighted by Gasteiger charge is 2.16. The molecule has 1 atom stereocenters. The Bertz CT molecular complexity index is 762. The van der Waals surface area contributed by atoms with Crippen LogP contribution in [0.1, 0.15) is 39.9 Å². The molecule has 2 N–H and O–H groups in total. The zero-order valence-electron chi connectivity index (χ0n) is 12.9. The van der Waals surface area contributed by atoms with Crippen molar-refractivity contribution in [3.63, 3.8) is 0 Å². The predicted molar refractivity (Wildman–Crippen MR) is 87.8 cm³/mol. The third kappa shape index (κ3) is 2.95. The van der Waals surface area contributed by atoms with Crippen molar-refractivity contribution in [3.8, 4) is 0 Å². The molecule has 0 saturated heterocycles. The number of benzene rings is 2. The van der Waals surface area contributed by atoms with E-state index in [1.54, 1.807) is 6.20 Å². The summed E-state index contributed by atoms with van der Waals surface area (Å²) in [4.78, 5) is 7.64. The largest absolute Gasteiger partial charge is 0.382 e. The quantitative estimate of drug-likeness (QED) is 0.770. The zero-order valence-corrected chi connectivity index (χ0v) is 12.9. The number of H-pyrrole nitrogens is 1. The average molecular weight is 292 g/mol. The predicted octanol–water partition coefficient (Wildman–Crippen LogP) is 3.70. The van der Waals surface area contributed by atoms with Crippen molar-refractivity contribution in [2.24, 2.45) is 0 Å². The van der Waals surface area contributed by atoms with Crippen molar-refractivity contribution in [1.82, 2.24) is 9.97 Å². The number of hydrogen-bond acceptors (Lipinski definition) is 2. The Morgan fingerprint density at radius 1 is 1.05 bits per heavy atom. The number of aliphatic hydroxyl groups excluding tert-OH is 1. The van der Waals surface area contributed by atoms with Gasteiger partial charge < -0.3 is 10.1 Å². The summed E-state index contributed by atoms with van der Waals surface area (Å²) in [5.41, 5.74) is 5.16. The molecule has 0 saturated carbocycles. The molecule has 3 aromatic rings. The van der Waals surface area contributed by atoms with Gasteiger partial charge in [0, 0.05) is 6.42 Å². The van der Waals surface area contributed by atoms with Gasteiger partial charge in [0.05, 0.1) is 11.9 Å². The molecule has 0 bridgehead atoms. The van der Waals surface area contributed by atoms with Crippen molar-refractivity contribution < 1.29 is 5.11 Å². The van der Waals surface area contributed by atoms with E-state index in [-0.39, 0.29) is 0 Å². The van der Waals surface area contributed by atoms with Crippen LogP contribution in [-0.4, -0.2) is 15.1 Å². The van der Waals surface area contributed by atoms with Crippen LogP contribution in [0.25, 0.3) is 0 Å². The minimum absolute atomic E-state index is 0.670. The van der Waals surface area contributed by atoms with Crippen molar-refractivity contribution in [2.45, 2.75) is 26.4 Å². The third-order valence-corrected chi connectivity index (χ3v) is 4.10. The van der Waals surface area contributed by atoms with Crippen LogP contribution in [-0.2, 0) is 6.42 Å². The standard InChI is InChI=1S/C19H20N2O/c1-13-7-6-10-16(14(13)2)19(22)17-12-20-18(21-17)11-15-8-4-3-5-9-15/h3-10,12,19,22H,11H2,1-2H3,(H,20,21). The minimum atomic E-state index is -0.670. The van der Waals surface area contributed by atoms with Crippen LogP contribution < -0.4 is 0 Å². The summed E-state index contributed by atoms with van der Waals surface area (Å²) >= 11 is 0. The van der Waals surface area contributed by atoms with Gasteiger partial charge in [-0.15, -0.1) is 0 Å². The number of aliphatic hydroxyl groups is 1. The van der Waals surface area contributed by atoms with Gasteiger partial charge in [0.15, 0.2) is 0 Å². The number of nitrogens with one attached hydrogen (secondary N) is 1. The summed E-state index contributed by atoms with van der Waals surface area (Å²) in [6, 6.07) is 16.2. The lowest BCUT2D eigenvalue weighted by Crippen LogP contribution is -2.04. The Labute approximate surface area is 130 Å². The lowest BCUT2D eigenvalue weighted by molar-refractivity contribution is 0.215. The summed E-state index contributed by atoms with van der Waals surface area (Å²) in [5.74, 6) is 0.866. The minimum Gasteiger partial charge on any atom is -0.382 e. The maximum atomic E-state index is 10.6. The van der Waals surface area contributed by atoms with Gasteiger partial charge in [-0.1, -0.05) is 48.5 Å². The summed E-state index contributed by atoms with van der Waals surface area (Å²) < 4.78 is 0. The molecule has 0 aliphatic heterocycles. The molecule has 0 amide bonds. The van der Waals surface area contributed by atoms with Gasteiger partial charge >= 0.3 is 0 Å². The summed E-state index contributed by atoms with van der Waals surface area (Å²) in [6.07, 6.45) is 1.79. The van der Waals surface area contributed by atoms with Crippen molar-refractivity contribution >= 4 is 0 Å². The second-order valence-electron chi connectivity index (χ2n) is 5.64. The fraction of sp³-hybridized carbons (Fsp3) is 0.211. The number of nitrogens with zero attached hydrogens (tertiary/aromatic N) is 1. The molecular weight excluding hydrogens is 272 g/mol. The van der Waals surface area contributed by atoms with E-state index in [2.05, 4.69) is 35.1 Å². The molecule has 2 aromatic carbocycles.